The van der Waals surface area contributed by atoms with Crippen LogP contribution in [-0.2, 0) is 0 Å². The number of rotatable bonds is 12. The zero-order valence-corrected chi connectivity index (χ0v) is 42.5. The highest BCUT2D eigenvalue weighted by Gasteiger charge is 2.22. The molecule has 2 aromatic heterocycles. The van der Waals surface area contributed by atoms with Crippen molar-refractivity contribution in [1.29, 1.82) is 0 Å². The molecule has 0 amide bonds. The molecule has 0 saturated carbocycles. The van der Waals surface area contributed by atoms with E-state index in [9.17, 15) is 0 Å². The van der Waals surface area contributed by atoms with Crippen molar-refractivity contribution in [2.24, 2.45) is 0 Å². The van der Waals surface area contributed by atoms with Gasteiger partial charge in [0.05, 0.1) is 11.4 Å². The Hall–Kier alpha value is -10.5. The SMILES string of the molecule is c1ccc(-c2ccc(-c3ccc(-c4ccc(-c5ccccc5)cc4)c(-c4ccc(-c5nc(-c6ccccc6)nc(-c6ccccc6)n5)cc4)c3-c3ccc(-c4nc(-c5ccccc5)cc(-c5ccccc5)n4)cc3)cc2)cc1. The number of benzene rings is 11. The molecule has 366 valence electrons. The molecular weight excluding hydrogens is 947 g/mol. The van der Waals surface area contributed by atoms with Crippen molar-refractivity contribution in [1.82, 2.24) is 24.9 Å². The largest absolute Gasteiger partial charge is 0.228 e. The van der Waals surface area contributed by atoms with Crippen LogP contribution in [0, 0.1) is 0 Å². The van der Waals surface area contributed by atoms with Gasteiger partial charge in [0.1, 0.15) is 0 Å². The van der Waals surface area contributed by atoms with Crippen LogP contribution in [0.25, 0.3) is 135 Å². The lowest BCUT2D eigenvalue weighted by molar-refractivity contribution is 1.07. The molecule has 78 heavy (non-hydrogen) atoms. The molecule has 0 fully saturated rings. The van der Waals surface area contributed by atoms with Crippen LogP contribution >= 0.6 is 0 Å². The summed E-state index contributed by atoms with van der Waals surface area (Å²) in [5.41, 5.74) is 20.9. The van der Waals surface area contributed by atoms with E-state index in [2.05, 4.69) is 200 Å². The predicted octanol–water partition coefficient (Wildman–Crippen LogP) is 18.7. The van der Waals surface area contributed by atoms with Gasteiger partial charge in [-0.05, 0) is 72.8 Å². The minimum atomic E-state index is 0.600. The molecule has 0 aliphatic heterocycles. The molecule has 0 spiro atoms. The summed E-state index contributed by atoms with van der Waals surface area (Å²) in [6, 6.07) is 104. The first kappa shape index (κ1) is 47.2. The third-order valence-electron chi connectivity index (χ3n) is 14.2. The summed E-state index contributed by atoms with van der Waals surface area (Å²) in [5, 5.41) is 0. The van der Waals surface area contributed by atoms with Crippen LogP contribution < -0.4 is 0 Å². The Bertz CT molecular complexity index is 3760. The quantitative estimate of drug-likeness (QED) is 0.122. The maximum Gasteiger partial charge on any atom is 0.164 e. The van der Waals surface area contributed by atoms with Crippen molar-refractivity contribution in [3.8, 4) is 135 Å². The average Bonchev–Trinajstić information content (AvgIpc) is 3.57. The van der Waals surface area contributed by atoms with E-state index in [0.29, 0.717) is 23.3 Å². The fourth-order valence-electron chi connectivity index (χ4n) is 10.2. The molecule has 0 bridgehead atoms. The van der Waals surface area contributed by atoms with Crippen LogP contribution in [0.3, 0.4) is 0 Å². The minimum Gasteiger partial charge on any atom is -0.228 e. The van der Waals surface area contributed by atoms with Gasteiger partial charge in [-0.25, -0.2) is 24.9 Å². The second-order valence-electron chi connectivity index (χ2n) is 19.2. The predicted molar refractivity (Wildman–Crippen MR) is 321 cm³/mol. The fourth-order valence-corrected chi connectivity index (χ4v) is 10.2. The van der Waals surface area contributed by atoms with E-state index < -0.39 is 0 Å². The molecule has 11 aromatic carbocycles. The molecule has 0 radical (unpaired) electrons. The van der Waals surface area contributed by atoms with Crippen LogP contribution in [0.5, 0.6) is 0 Å². The summed E-state index contributed by atoms with van der Waals surface area (Å²) in [6.45, 7) is 0. The van der Waals surface area contributed by atoms with E-state index in [0.717, 1.165) is 100 Å². The van der Waals surface area contributed by atoms with Crippen molar-refractivity contribution >= 4 is 0 Å². The number of hydrogen-bond donors (Lipinski definition) is 0. The zero-order valence-electron chi connectivity index (χ0n) is 42.5. The molecule has 5 nitrogen and oxygen atoms in total. The van der Waals surface area contributed by atoms with Crippen molar-refractivity contribution < 1.29 is 0 Å². The van der Waals surface area contributed by atoms with Crippen LogP contribution in [0.4, 0.5) is 0 Å². The summed E-state index contributed by atoms with van der Waals surface area (Å²) >= 11 is 0. The highest BCUT2D eigenvalue weighted by atomic mass is 15.0. The van der Waals surface area contributed by atoms with Crippen LogP contribution in [0.2, 0.25) is 0 Å². The average molecular weight is 996 g/mol. The van der Waals surface area contributed by atoms with Gasteiger partial charge in [-0.3, -0.25) is 0 Å². The summed E-state index contributed by atoms with van der Waals surface area (Å²) in [6.07, 6.45) is 0. The highest BCUT2D eigenvalue weighted by molar-refractivity contribution is 6.02. The molecule has 0 saturated heterocycles. The van der Waals surface area contributed by atoms with E-state index >= 15 is 0 Å². The summed E-state index contributed by atoms with van der Waals surface area (Å²) in [4.78, 5) is 25.6. The molecule has 2 heterocycles. The minimum absolute atomic E-state index is 0.600. The normalized spacial score (nSPS) is 11.1. The lowest BCUT2D eigenvalue weighted by atomic mass is 9.82. The Morgan fingerprint density at radius 2 is 0.372 bits per heavy atom. The van der Waals surface area contributed by atoms with E-state index in [1.807, 2.05) is 97.1 Å². The first-order valence-corrected chi connectivity index (χ1v) is 26.2. The maximum atomic E-state index is 5.20. The van der Waals surface area contributed by atoms with E-state index in [1.54, 1.807) is 0 Å². The first-order chi connectivity index (χ1) is 38.6. The van der Waals surface area contributed by atoms with E-state index in [1.165, 1.54) is 11.1 Å². The lowest BCUT2D eigenvalue weighted by Gasteiger charge is -2.21. The van der Waals surface area contributed by atoms with Gasteiger partial charge < -0.3 is 0 Å². The molecule has 0 aliphatic rings. The Morgan fingerprint density at radius 3 is 0.692 bits per heavy atom. The van der Waals surface area contributed by atoms with Gasteiger partial charge in [-0.1, -0.05) is 291 Å². The summed E-state index contributed by atoms with van der Waals surface area (Å²) in [5.74, 6) is 2.50. The third kappa shape index (κ3) is 9.83. The van der Waals surface area contributed by atoms with Crippen molar-refractivity contribution in [3.63, 3.8) is 0 Å². The van der Waals surface area contributed by atoms with Crippen LogP contribution in [-0.4, -0.2) is 24.9 Å². The molecular formula is C73H49N5. The molecule has 0 aliphatic carbocycles. The molecule has 13 rings (SSSR count). The summed E-state index contributed by atoms with van der Waals surface area (Å²) in [7, 11) is 0. The van der Waals surface area contributed by atoms with Crippen LogP contribution in [0.15, 0.2) is 297 Å². The second kappa shape index (κ2) is 21.4. The highest BCUT2D eigenvalue weighted by Crippen LogP contribution is 2.47. The Labute approximate surface area is 454 Å². The second-order valence-corrected chi connectivity index (χ2v) is 19.2. The molecule has 0 unspecified atom stereocenters. The van der Waals surface area contributed by atoms with Crippen molar-refractivity contribution in [2.45, 2.75) is 0 Å². The third-order valence-corrected chi connectivity index (χ3v) is 14.2. The van der Waals surface area contributed by atoms with Gasteiger partial charge in [-0.2, -0.15) is 0 Å². The first-order valence-electron chi connectivity index (χ1n) is 26.2. The van der Waals surface area contributed by atoms with E-state index in [-0.39, 0.29) is 0 Å². The van der Waals surface area contributed by atoms with E-state index in [4.69, 9.17) is 24.9 Å². The molecule has 0 atom stereocenters. The van der Waals surface area contributed by atoms with Gasteiger partial charge in [-0.15, -0.1) is 0 Å². The number of aromatic nitrogens is 5. The van der Waals surface area contributed by atoms with Gasteiger partial charge in [0.25, 0.3) is 0 Å². The van der Waals surface area contributed by atoms with Gasteiger partial charge >= 0.3 is 0 Å². The summed E-state index contributed by atoms with van der Waals surface area (Å²) < 4.78 is 0. The standard InChI is InChI=1S/C73H49N5/c1-7-19-50(20-8-1)52-31-35-54(36-32-52)64-47-48-65(55-37-33-53(34-38-55)51-21-9-2-10-22-51)69(59-41-45-63(46-42-59)73-77-71(60-27-15-5-16-28-60)76-72(78-73)61-29-17-6-18-30-61)68(64)58-39-43-62(44-40-58)70-74-66(56-23-11-3-12-24-56)49-67(75-70)57-25-13-4-14-26-57/h1-49H. The molecule has 0 N–H and O–H groups in total. The van der Waals surface area contributed by atoms with Crippen molar-refractivity contribution in [3.05, 3.63) is 297 Å². The maximum absolute atomic E-state index is 5.20. The van der Waals surface area contributed by atoms with Gasteiger partial charge in [0.15, 0.2) is 23.3 Å². The smallest absolute Gasteiger partial charge is 0.164 e. The fraction of sp³-hybridized carbons (Fsp3) is 0. The van der Waals surface area contributed by atoms with Gasteiger partial charge in [0.2, 0.25) is 0 Å². The van der Waals surface area contributed by atoms with Crippen LogP contribution in [0.1, 0.15) is 0 Å². The topological polar surface area (TPSA) is 64.5 Å². The molecule has 13 aromatic rings. The Balaban J connectivity index is 0.997. The van der Waals surface area contributed by atoms with Gasteiger partial charge in [0, 0.05) is 33.4 Å². The molecule has 5 heteroatoms. The monoisotopic (exact) mass is 995 g/mol. The Kier molecular flexibility index (Phi) is 13.0. The van der Waals surface area contributed by atoms with Crippen molar-refractivity contribution in [2.75, 3.05) is 0 Å². The number of hydrogen-bond acceptors (Lipinski definition) is 5. The number of nitrogens with zero attached hydrogens (tertiary/aromatic N) is 5. The Morgan fingerprint density at radius 1 is 0.154 bits per heavy atom. The zero-order chi connectivity index (χ0) is 52.0. The lowest BCUT2D eigenvalue weighted by Crippen LogP contribution is -2.00.